The van der Waals surface area contributed by atoms with Gasteiger partial charge in [0.05, 0.1) is 0 Å². The van der Waals surface area contributed by atoms with Gasteiger partial charge in [-0.15, -0.1) is 10.2 Å². The summed E-state index contributed by atoms with van der Waals surface area (Å²) in [6, 6.07) is 2.36. The van der Waals surface area contributed by atoms with Gasteiger partial charge >= 0.3 is 0 Å². The Morgan fingerprint density at radius 1 is 1.31 bits per heavy atom. The molecule has 1 aliphatic rings. The van der Waals surface area contributed by atoms with Gasteiger partial charge in [0.1, 0.15) is 24.0 Å². The number of nitrogens with one attached hydrogen (secondary N) is 1. The molecule has 2 aromatic rings. The molecule has 0 saturated heterocycles. The number of benzene rings is 1. The quantitative estimate of drug-likeness (QED) is 0.434. The number of hydrogen-bond acceptors (Lipinski definition) is 4. The molecular formula is C20H28F2N6O. The first-order chi connectivity index (χ1) is 14.0. The molecule has 3 rings (SSSR count). The number of ether oxygens (including phenoxy) is 1. The fourth-order valence-electron chi connectivity index (χ4n) is 3.31. The first-order valence-corrected chi connectivity index (χ1v) is 9.92. The van der Waals surface area contributed by atoms with Crippen LogP contribution in [0.4, 0.5) is 8.78 Å². The molecule has 1 N–H and O–H groups in total. The second-order valence-electron chi connectivity index (χ2n) is 7.04. The molecule has 29 heavy (non-hydrogen) atoms. The minimum atomic E-state index is -0.555. The molecule has 158 valence electrons. The summed E-state index contributed by atoms with van der Waals surface area (Å²) in [5.41, 5.74) is 1.24. The lowest BCUT2D eigenvalue weighted by Gasteiger charge is -2.32. The first-order valence-electron chi connectivity index (χ1n) is 9.92. The highest BCUT2D eigenvalue weighted by Gasteiger charge is 2.23. The van der Waals surface area contributed by atoms with Gasteiger partial charge < -0.3 is 19.5 Å². The lowest BCUT2D eigenvalue weighted by molar-refractivity contribution is 0.145. The summed E-state index contributed by atoms with van der Waals surface area (Å²) in [6.07, 6.45) is 1.34. The van der Waals surface area contributed by atoms with Gasteiger partial charge in [-0.3, -0.25) is 0 Å². The Balaban J connectivity index is 1.75. The fraction of sp³-hybridized carbons (Fsp3) is 0.550. The number of aliphatic imine (C=N–C) groups is 1. The molecule has 1 aromatic carbocycles. The van der Waals surface area contributed by atoms with E-state index < -0.39 is 11.6 Å². The van der Waals surface area contributed by atoms with E-state index in [1.807, 2.05) is 30.4 Å². The van der Waals surface area contributed by atoms with Crippen molar-refractivity contribution in [3.8, 4) is 0 Å². The van der Waals surface area contributed by atoms with Crippen molar-refractivity contribution in [2.75, 3.05) is 26.3 Å². The van der Waals surface area contributed by atoms with Gasteiger partial charge in [-0.05, 0) is 43.9 Å². The smallest absolute Gasteiger partial charge is 0.194 e. The highest BCUT2D eigenvalue weighted by Crippen LogP contribution is 2.23. The van der Waals surface area contributed by atoms with E-state index in [9.17, 15) is 8.78 Å². The molecule has 9 heteroatoms. The number of guanidine groups is 1. The third kappa shape index (κ3) is 5.29. The van der Waals surface area contributed by atoms with E-state index in [-0.39, 0.29) is 0 Å². The summed E-state index contributed by atoms with van der Waals surface area (Å²) in [5.74, 6) is 1.24. The predicted octanol–water partition coefficient (Wildman–Crippen LogP) is 2.33. The van der Waals surface area contributed by atoms with E-state index in [4.69, 9.17) is 9.73 Å². The van der Waals surface area contributed by atoms with Crippen molar-refractivity contribution in [1.29, 1.82) is 0 Å². The number of aromatic nitrogens is 3. The van der Waals surface area contributed by atoms with Crippen LogP contribution in [0.2, 0.25) is 0 Å². The van der Waals surface area contributed by atoms with Crippen LogP contribution in [-0.2, 0) is 31.3 Å². The molecule has 0 unspecified atom stereocenters. The molecule has 0 atom stereocenters. The second kappa shape index (κ2) is 9.78. The molecular weight excluding hydrogens is 378 g/mol. The number of hydrogen-bond donors (Lipinski definition) is 1. The number of aryl methyl sites for hydroxylation is 1. The minimum absolute atomic E-state index is 0.367. The molecule has 0 saturated carbocycles. The number of halogens is 2. The van der Waals surface area contributed by atoms with Crippen LogP contribution < -0.4 is 5.32 Å². The molecule has 7 nitrogen and oxygen atoms in total. The van der Waals surface area contributed by atoms with Gasteiger partial charge in [0, 0.05) is 46.0 Å². The SMILES string of the molecule is CCOCCCNC(=NCc1nnc(C)n1C)N1CCc2c(F)cc(F)cc2C1. The van der Waals surface area contributed by atoms with E-state index in [0.717, 1.165) is 24.1 Å². The summed E-state index contributed by atoms with van der Waals surface area (Å²) in [4.78, 5) is 6.73. The Kier molecular flexibility index (Phi) is 7.13. The average molecular weight is 406 g/mol. The largest absolute Gasteiger partial charge is 0.382 e. The zero-order chi connectivity index (χ0) is 20.8. The van der Waals surface area contributed by atoms with Crippen molar-refractivity contribution in [2.45, 2.75) is 39.8 Å². The van der Waals surface area contributed by atoms with Crippen LogP contribution in [0.25, 0.3) is 0 Å². The molecule has 0 spiro atoms. The van der Waals surface area contributed by atoms with Crippen LogP contribution in [0, 0.1) is 18.6 Å². The zero-order valence-electron chi connectivity index (χ0n) is 17.2. The van der Waals surface area contributed by atoms with Gasteiger partial charge in [0.15, 0.2) is 11.8 Å². The van der Waals surface area contributed by atoms with Gasteiger partial charge in [-0.1, -0.05) is 0 Å². The Morgan fingerprint density at radius 2 is 2.14 bits per heavy atom. The number of rotatable bonds is 7. The Hall–Kier alpha value is -2.55. The maximum atomic E-state index is 14.1. The predicted molar refractivity (Wildman–Crippen MR) is 106 cm³/mol. The van der Waals surface area contributed by atoms with E-state index >= 15 is 0 Å². The van der Waals surface area contributed by atoms with Crippen LogP contribution in [-0.4, -0.2) is 51.9 Å². The second-order valence-corrected chi connectivity index (χ2v) is 7.04. The fourth-order valence-corrected chi connectivity index (χ4v) is 3.31. The number of fused-ring (bicyclic) bond motifs is 1. The lowest BCUT2D eigenvalue weighted by Crippen LogP contribution is -2.44. The van der Waals surface area contributed by atoms with Gasteiger partial charge in [-0.25, -0.2) is 13.8 Å². The van der Waals surface area contributed by atoms with Crippen molar-refractivity contribution in [3.05, 3.63) is 46.5 Å². The van der Waals surface area contributed by atoms with Gasteiger partial charge in [0.2, 0.25) is 0 Å². The lowest BCUT2D eigenvalue weighted by atomic mass is 9.99. The summed E-state index contributed by atoms with van der Waals surface area (Å²) in [6.45, 7) is 7.27. The Labute approximate surface area is 169 Å². The molecule has 0 amide bonds. The summed E-state index contributed by atoms with van der Waals surface area (Å²) in [5, 5.41) is 11.6. The van der Waals surface area contributed by atoms with Crippen LogP contribution in [0.5, 0.6) is 0 Å². The third-order valence-corrected chi connectivity index (χ3v) is 5.05. The summed E-state index contributed by atoms with van der Waals surface area (Å²) >= 11 is 0. The molecule has 0 bridgehead atoms. The summed E-state index contributed by atoms with van der Waals surface area (Å²) < 4.78 is 35.0. The van der Waals surface area contributed by atoms with Crippen molar-refractivity contribution >= 4 is 5.96 Å². The van der Waals surface area contributed by atoms with E-state index in [0.29, 0.717) is 62.9 Å². The van der Waals surface area contributed by atoms with Gasteiger partial charge in [0.25, 0.3) is 0 Å². The van der Waals surface area contributed by atoms with Crippen molar-refractivity contribution in [1.82, 2.24) is 25.0 Å². The van der Waals surface area contributed by atoms with Crippen LogP contribution in [0.1, 0.15) is 36.1 Å². The molecule has 1 aliphatic heterocycles. The highest BCUT2D eigenvalue weighted by molar-refractivity contribution is 5.80. The normalized spacial score (nSPS) is 14.2. The summed E-state index contributed by atoms with van der Waals surface area (Å²) in [7, 11) is 1.90. The zero-order valence-corrected chi connectivity index (χ0v) is 17.2. The van der Waals surface area contributed by atoms with Crippen molar-refractivity contribution in [3.63, 3.8) is 0 Å². The number of nitrogens with zero attached hydrogens (tertiary/aromatic N) is 5. The maximum absolute atomic E-state index is 14.1. The average Bonchev–Trinajstić information content (AvgIpc) is 3.01. The van der Waals surface area contributed by atoms with Crippen LogP contribution >= 0.6 is 0 Å². The standard InChI is InChI=1S/C20H28F2N6O/c1-4-29-9-5-7-23-20(24-12-19-26-25-14(2)27(19)3)28-8-6-17-15(13-28)10-16(21)11-18(17)22/h10-11H,4-9,12-13H2,1-3H3,(H,23,24). The van der Waals surface area contributed by atoms with Crippen LogP contribution in [0.3, 0.4) is 0 Å². The van der Waals surface area contributed by atoms with E-state index in [1.165, 1.54) is 6.07 Å². The van der Waals surface area contributed by atoms with Crippen LogP contribution in [0.15, 0.2) is 17.1 Å². The van der Waals surface area contributed by atoms with Crippen molar-refractivity contribution in [2.24, 2.45) is 12.0 Å². The van der Waals surface area contributed by atoms with Crippen molar-refractivity contribution < 1.29 is 13.5 Å². The third-order valence-electron chi connectivity index (χ3n) is 5.05. The van der Waals surface area contributed by atoms with E-state index in [2.05, 4.69) is 15.5 Å². The Morgan fingerprint density at radius 3 is 2.86 bits per heavy atom. The molecule has 2 heterocycles. The van der Waals surface area contributed by atoms with Gasteiger partial charge in [-0.2, -0.15) is 0 Å². The molecule has 0 radical (unpaired) electrons. The van der Waals surface area contributed by atoms with E-state index in [1.54, 1.807) is 0 Å². The molecule has 0 fully saturated rings. The molecule has 1 aromatic heterocycles. The maximum Gasteiger partial charge on any atom is 0.194 e. The topological polar surface area (TPSA) is 67.6 Å². The Bertz CT molecular complexity index is 867. The first kappa shape index (κ1) is 21.2. The highest BCUT2D eigenvalue weighted by atomic mass is 19.1. The monoisotopic (exact) mass is 406 g/mol. The minimum Gasteiger partial charge on any atom is -0.382 e. The molecule has 0 aliphatic carbocycles.